The molecular formula is C34H65O11P. The van der Waals surface area contributed by atoms with Crippen molar-refractivity contribution in [3.05, 3.63) is 0 Å². The highest BCUT2D eigenvalue weighted by Gasteiger charge is 2.52. The lowest BCUT2D eigenvalue weighted by Crippen LogP contribution is -2.61. The minimum Gasteiger partial charge on any atom is -0.455 e. The fourth-order valence-corrected chi connectivity index (χ4v) is 6.45. The summed E-state index contributed by atoms with van der Waals surface area (Å²) in [4.78, 5) is 44.5. The Morgan fingerprint density at radius 1 is 0.587 bits per heavy atom. The van der Waals surface area contributed by atoms with E-state index in [1.807, 2.05) is 0 Å². The zero-order valence-electron chi connectivity index (χ0n) is 28.7. The van der Waals surface area contributed by atoms with E-state index in [2.05, 4.69) is 13.8 Å². The number of aliphatic hydroxyl groups is 2. The standard InChI is InChI=1S/C34H65O11P/c1-3-5-7-9-11-13-15-17-19-21-23-25-29(36)43-32-31(45-46(39,40)41)28(27-35)42-34(38)33(32)44-30(37)26-24-22-20-18-16-14-12-10-8-6-4-2/h28,31-35,38H,3-27H2,1-2H3,(H2,39,40,41)/t28-,31-,32+,33-,34+/m1/s1. The molecule has 1 aliphatic rings. The van der Waals surface area contributed by atoms with Gasteiger partial charge in [-0.3, -0.25) is 14.1 Å². The van der Waals surface area contributed by atoms with Gasteiger partial charge in [0.05, 0.1) is 6.61 Å². The van der Waals surface area contributed by atoms with Crippen LogP contribution in [0.3, 0.4) is 0 Å². The van der Waals surface area contributed by atoms with E-state index in [9.17, 15) is 34.2 Å². The normalized spacial score (nSPS) is 21.7. The summed E-state index contributed by atoms with van der Waals surface area (Å²) in [7, 11) is -5.14. The molecule has 0 bridgehead atoms. The van der Waals surface area contributed by atoms with E-state index in [4.69, 9.17) is 18.7 Å². The van der Waals surface area contributed by atoms with Crippen LogP contribution in [0.4, 0.5) is 0 Å². The van der Waals surface area contributed by atoms with Crippen LogP contribution in [-0.4, -0.2) is 69.3 Å². The van der Waals surface area contributed by atoms with Gasteiger partial charge in [-0.05, 0) is 12.8 Å². The van der Waals surface area contributed by atoms with Crippen LogP contribution >= 0.6 is 7.82 Å². The molecule has 0 amide bonds. The Balaban J connectivity index is 2.57. The third-order valence-electron chi connectivity index (χ3n) is 8.55. The largest absolute Gasteiger partial charge is 0.470 e. The van der Waals surface area contributed by atoms with Crippen LogP contribution in [0.5, 0.6) is 0 Å². The van der Waals surface area contributed by atoms with Crippen LogP contribution < -0.4 is 0 Å². The predicted molar refractivity (Wildman–Crippen MR) is 177 cm³/mol. The highest BCUT2D eigenvalue weighted by atomic mass is 31.2. The molecule has 0 aromatic heterocycles. The maximum absolute atomic E-state index is 12.8. The number of carbonyl (C=O) groups is 2. The molecule has 1 saturated heterocycles. The van der Waals surface area contributed by atoms with Crippen molar-refractivity contribution in [2.45, 2.75) is 199 Å². The minimum atomic E-state index is -5.14. The van der Waals surface area contributed by atoms with Gasteiger partial charge in [0.2, 0.25) is 0 Å². The van der Waals surface area contributed by atoms with Crippen LogP contribution in [0.25, 0.3) is 0 Å². The van der Waals surface area contributed by atoms with Gasteiger partial charge < -0.3 is 34.2 Å². The summed E-state index contributed by atoms with van der Waals surface area (Å²) < 4.78 is 32.8. The van der Waals surface area contributed by atoms with E-state index in [0.29, 0.717) is 12.8 Å². The SMILES string of the molecule is CCCCCCCCCCCCCC(=O)O[C@@H]1[C@@H](OC(=O)CCCCCCCCCCCCC)[C@@H](O)O[C@H](CO)[C@H]1OP(=O)(O)O. The summed E-state index contributed by atoms with van der Waals surface area (Å²) >= 11 is 0. The molecule has 0 aromatic carbocycles. The molecule has 1 rings (SSSR count). The molecule has 46 heavy (non-hydrogen) atoms. The number of aliphatic hydroxyl groups excluding tert-OH is 2. The number of hydrogen-bond acceptors (Lipinski definition) is 9. The molecule has 0 radical (unpaired) electrons. The molecule has 0 saturated carbocycles. The number of hydrogen-bond donors (Lipinski definition) is 4. The maximum Gasteiger partial charge on any atom is 0.470 e. The second-order valence-electron chi connectivity index (χ2n) is 12.8. The highest BCUT2D eigenvalue weighted by Crippen LogP contribution is 2.42. The number of carbonyl (C=O) groups excluding carboxylic acids is 2. The summed E-state index contributed by atoms with van der Waals surface area (Å²) in [5.74, 6) is -1.34. The smallest absolute Gasteiger partial charge is 0.455 e. The topological polar surface area (TPSA) is 169 Å². The summed E-state index contributed by atoms with van der Waals surface area (Å²) in [5, 5.41) is 20.4. The minimum absolute atomic E-state index is 0.0380. The molecule has 0 unspecified atom stereocenters. The number of phosphoric ester groups is 1. The van der Waals surface area contributed by atoms with Crippen molar-refractivity contribution in [1.29, 1.82) is 0 Å². The number of unbranched alkanes of at least 4 members (excludes halogenated alkanes) is 20. The van der Waals surface area contributed by atoms with Crippen LogP contribution in [0.2, 0.25) is 0 Å². The molecule has 1 heterocycles. The maximum atomic E-state index is 12.8. The van der Waals surface area contributed by atoms with E-state index >= 15 is 0 Å². The Labute approximate surface area is 277 Å². The van der Waals surface area contributed by atoms with Crippen molar-refractivity contribution in [2.24, 2.45) is 0 Å². The van der Waals surface area contributed by atoms with E-state index < -0.39 is 57.1 Å². The Bertz CT molecular complexity index is 821. The first-order valence-electron chi connectivity index (χ1n) is 18.2. The summed E-state index contributed by atoms with van der Waals surface area (Å²) in [6.07, 6.45) is 16.5. The second-order valence-corrected chi connectivity index (χ2v) is 14.0. The molecular weight excluding hydrogens is 615 g/mol. The van der Waals surface area contributed by atoms with Gasteiger partial charge in [0.15, 0.2) is 18.5 Å². The molecule has 4 N–H and O–H groups in total. The first-order valence-corrected chi connectivity index (χ1v) is 19.7. The zero-order chi connectivity index (χ0) is 34.0. The quantitative estimate of drug-likeness (QED) is 0.0353. The number of rotatable bonds is 29. The number of esters is 2. The molecule has 11 nitrogen and oxygen atoms in total. The summed E-state index contributed by atoms with van der Waals surface area (Å²) in [6.45, 7) is 3.63. The Hall–Kier alpha value is -1.07. The van der Waals surface area contributed by atoms with Gasteiger partial charge in [0.25, 0.3) is 0 Å². The molecule has 12 heteroatoms. The lowest BCUT2D eigenvalue weighted by Gasteiger charge is -2.42. The third kappa shape index (κ3) is 21.0. The molecule has 5 atom stereocenters. The van der Waals surface area contributed by atoms with Crippen molar-refractivity contribution in [1.82, 2.24) is 0 Å². The Morgan fingerprint density at radius 2 is 0.935 bits per heavy atom. The van der Waals surface area contributed by atoms with E-state index in [-0.39, 0.29) is 12.8 Å². The van der Waals surface area contributed by atoms with Crippen LogP contribution in [-0.2, 0) is 32.9 Å². The van der Waals surface area contributed by atoms with Crippen LogP contribution in [0, 0.1) is 0 Å². The van der Waals surface area contributed by atoms with E-state index in [1.165, 1.54) is 83.5 Å². The average Bonchev–Trinajstić information content (AvgIpc) is 3.01. The average molecular weight is 681 g/mol. The van der Waals surface area contributed by atoms with Gasteiger partial charge in [0.1, 0.15) is 12.2 Å². The number of phosphoric acid groups is 1. The first kappa shape index (κ1) is 43.0. The predicted octanol–water partition coefficient (Wildman–Crippen LogP) is 7.40. The molecule has 0 aliphatic carbocycles. The lowest BCUT2D eigenvalue weighted by atomic mass is 9.98. The fraction of sp³-hybridized carbons (Fsp3) is 0.941. The van der Waals surface area contributed by atoms with E-state index in [0.717, 1.165) is 44.9 Å². The third-order valence-corrected chi connectivity index (χ3v) is 9.07. The van der Waals surface area contributed by atoms with Gasteiger partial charge in [-0.15, -0.1) is 0 Å². The van der Waals surface area contributed by atoms with Crippen molar-refractivity contribution >= 4 is 19.8 Å². The van der Waals surface area contributed by atoms with Crippen molar-refractivity contribution in [3.8, 4) is 0 Å². The molecule has 0 aromatic rings. The lowest BCUT2D eigenvalue weighted by molar-refractivity contribution is -0.291. The van der Waals surface area contributed by atoms with Gasteiger partial charge in [-0.25, -0.2) is 4.57 Å². The van der Waals surface area contributed by atoms with Gasteiger partial charge in [-0.1, -0.05) is 142 Å². The fourth-order valence-electron chi connectivity index (χ4n) is 5.88. The molecule has 0 spiro atoms. The first-order chi connectivity index (χ1) is 22.1. The monoisotopic (exact) mass is 680 g/mol. The summed E-state index contributed by atoms with van der Waals surface area (Å²) in [6, 6.07) is 0. The Kier molecular flexibility index (Phi) is 25.1. The van der Waals surface area contributed by atoms with Crippen LogP contribution in [0.1, 0.15) is 168 Å². The second kappa shape index (κ2) is 26.8. The van der Waals surface area contributed by atoms with Gasteiger partial charge >= 0.3 is 19.8 Å². The Morgan fingerprint density at radius 3 is 1.28 bits per heavy atom. The molecule has 1 aliphatic heterocycles. The van der Waals surface area contributed by atoms with Crippen molar-refractivity contribution < 1.29 is 52.9 Å². The zero-order valence-corrected chi connectivity index (χ0v) is 29.6. The van der Waals surface area contributed by atoms with Crippen molar-refractivity contribution in [2.75, 3.05) is 6.61 Å². The van der Waals surface area contributed by atoms with Gasteiger partial charge in [-0.2, -0.15) is 0 Å². The van der Waals surface area contributed by atoms with Gasteiger partial charge in [0, 0.05) is 12.8 Å². The summed E-state index contributed by atoms with van der Waals surface area (Å²) in [5.41, 5.74) is 0. The molecule has 272 valence electrons. The number of ether oxygens (including phenoxy) is 3. The van der Waals surface area contributed by atoms with Crippen molar-refractivity contribution in [3.63, 3.8) is 0 Å². The van der Waals surface area contributed by atoms with Crippen LogP contribution in [0.15, 0.2) is 0 Å². The van der Waals surface area contributed by atoms with E-state index in [1.54, 1.807) is 0 Å². The highest BCUT2D eigenvalue weighted by molar-refractivity contribution is 7.46. The molecule has 1 fully saturated rings.